The molecule has 0 unspecified atom stereocenters. The second kappa shape index (κ2) is 6.00. The maximum Gasteiger partial charge on any atom is 0.262 e. The number of nitrogens with one attached hydrogen (secondary N) is 1. The van der Waals surface area contributed by atoms with Gasteiger partial charge in [0.1, 0.15) is 6.54 Å². The predicted molar refractivity (Wildman–Crippen MR) is 82.6 cm³/mol. The van der Waals surface area contributed by atoms with Crippen molar-refractivity contribution >= 4 is 17.7 Å². The third-order valence-corrected chi connectivity index (χ3v) is 3.67. The van der Waals surface area contributed by atoms with Gasteiger partial charge in [0.05, 0.1) is 11.1 Å². The maximum atomic E-state index is 12.3. The summed E-state index contributed by atoms with van der Waals surface area (Å²) in [5.41, 5.74) is 2.50. The number of rotatable bonds is 4. The zero-order chi connectivity index (χ0) is 16.4. The Kier molecular flexibility index (Phi) is 3.89. The lowest BCUT2D eigenvalue weighted by atomic mass is 10.1. The quantitative estimate of drug-likeness (QED) is 0.863. The van der Waals surface area contributed by atoms with Gasteiger partial charge in [0.2, 0.25) is 5.91 Å². The average molecular weight is 309 g/mol. The molecule has 116 valence electrons. The summed E-state index contributed by atoms with van der Waals surface area (Å²) in [4.78, 5) is 41.4. The molecule has 23 heavy (non-hydrogen) atoms. The number of hydrogen-bond acceptors (Lipinski definition) is 4. The molecule has 3 rings (SSSR count). The fourth-order valence-corrected chi connectivity index (χ4v) is 2.45. The number of imide groups is 1. The smallest absolute Gasteiger partial charge is 0.262 e. The molecule has 0 saturated carbocycles. The molecule has 0 spiro atoms. The van der Waals surface area contributed by atoms with Crippen molar-refractivity contribution in [2.24, 2.45) is 0 Å². The number of hydrogen-bond donors (Lipinski definition) is 1. The molecular formula is C17H15N3O3. The maximum absolute atomic E-state index is 12.3. The number of aromatic nitrogens is 1. The SMILES string of the molecule is Cc1ccc2c(c1)C(=O)N(CC(=O)NCc1ccncc1)C2=O. The average Bonchev–Trinajstić information content (AvgIpc) is 2.78. The number of nitrogens with zero attached hydrogens (tertiary/aromatic N) is 2. The number of pyridine rings is 1. The minimum absolute atomic E-state index is 0.281. The summed E-state index contributed by atoms with van der Waals surface area (Å²) in [6, 6.07) is 8.64. The van der Waals surface area contributed by atoms with E-state index in [1.807, 2.05) is 6.92 Å². The molecule has 0 aliphatic carbocycles. The van der Waals surface area contributed by atoms with Gasteiger partial charge in [0.25, 0.3) is 11.8 Å². The first-order valence-corrected chi connectivity index (χ1v) is 7.18. The molecule has 1 aliphatic rings. The van der Waals surface area contributed by atoms with Crippen LogP contribution in [-0.4, -0.2) is 34.2 Å². The van der Waals surface area contributed by atoms with E-state index < -0.39 is 11.8 Å². The van der Waals surface area contributed by atoms with Crippen LogP contribution in [0.4, 0.5) is 0 Å². The van der Waals surface area contributed by atoms with Crippen molar-refractivity contribution in [1.82, 2.24) is 15.2 Å². The molecular weight excluding hydrogens is 294 g/mol. The van der Waals surface area contributed by atoms with E-state index in [-0.39, 0.29) is 12.5 Å². The van der Waals surface area contributed by atoms with Crippen molar-refractivity contribution in [2.45, 2.75) is 13.5 Å². The van der Waals surface area contributed by atoms with Crippen LogP contribution in [0.1, 0.15) is 31.8 Å². The first kappa shape index (κ1) is 14.9. The fourth-order valence-electron chi connectivity index (χ4n) is 2.45. The Bertz CT molecular complexity index is 787. The number of aryl methyl sites for hydroxylation is 1. The van der Waals surface area contributed by atoms with E-state index >= 15 is 0 Å². The molecule has 0 bridgehead atoms. The molecule has 0 radical (unpaired) electrons. The second-order valence-electron chi connectivity index (χ2n) is 5.38. The topological polar surface area (TPSA) is 79.4 Å². The van der Waals surface area contributed by atoms with Gasteiger partial charge in [0.15, 0.2) is 0 Å². The molecule has 6 nitrogen and oxygen atoms in total. The summed E-state index contributed by atoms with van der Waals surface area (Å²) in [7, 11) is 0. The highest BCUT2D eigenvalue weighted by Crippen LogP contribution is 2.23. The minimum Gasteiger partial charge on any atom is -0.350 e. The highest BCUT2D eigenvalue weighted by atomic mass is 16.2. The Morgan fingerprint density at radius 3 is 2.52 bits per heavy atom. The van der Waals surface area contributed by atoms with Crippen LogP contribution in [0.3, 0.4) is 0 Å². The molecule has 3 amide bonds. The lowest BCUT2D eigenvalue weighted by Gasteiger charge is -2.13. The third-order valence-electron chi connectivity index (χ3n) is 3.67. The van der Waals surface area contributed by atoms with Gasteiger partial charge < -0.3 is 5.32 Å². The Morgan fingerprint density at radius 2 is 1.78 bits per heavy atom. The van der Waals surface area contributed by atoms with Gasteiger partial charge in [-0.1, -0.05) is 11.6 Å². The lowest BCUT2D eigenvalue weighted by molar-refractivity contribution is -0.121. The van der Waals surface area contributed by atoms with Crippen LogP contribution in [0.5, 0.6) is 0 Å². The van der Waals surface area contributed by atoms with Gasteiger partial charge in [-0.2, -0.15) is 0 Å². The molecule has 0 atom stereocenters. The molecule has 0 saturated heterocycles. The molecule has 2 aromatic rings. The molecule has 2 heterocycles. The molecule has 1 N–H and O–H groups in total. The van der Waals surface area contributed by atoms with E-state index in [9.17, 15) is 14.4 Å². The van der Waals surface area contributed by atoms with Crippen LogP contribution in [0.25, 0.3) is 0 Å². The van der Waals surface area contributed by atoms with Crippen molar-refractivity contribution in [1.29, 1.82) is 0 Å². The van der Waals surface area contributed by atoms with Crippen LogP contribution >= 0.6 is 0 Å². The normalized spacial score (nSPS) is 13.2. The molecule has 6 heteroatoms. The summed E-state index contributed by atoms with van der Waals surface area (Å²) in [5, 5.41) is 2.69. The van der Waals surface area contributed by atoms with Crippen LogP contribution in [0, 0.1) is 6.92 Å². The Balaban J connectivity index is 1.66. The Hall–Kier alpha value is -3.02. The number of carbonyl (C=O) groups is 3. The summed E-state index contributed by atoms with van der Waals surface area (Å²) < 4.78 is 0. The van der Waals surface area contributed by atoms with Crippen molar-refractivity contribution in [3.63, 3.8) is 0 Å². The number of carbonyl (C=O) groups excluding carboxylic acids is 3. The summed E-state index contributed by atoms with van der Waals surface area (Å²) in [6.07, 6.45) is 3.27. The molecule has 1 aliphatic heterocycles. The highest BCUT2D eigenvalue weighted by Gasteiger charge is 2.36. The van der Waals surface area contributed by atoms with Gasteiger partial charge in [-0.05, 0) is 36.8 Å². The number of benzene rings is 1. The van der Waals surface area contributed by atoms with Gasteiger partial charge in [0, 0.05) is 18.9 Å². The van der Waals surface area contributed by atoms with Crippen LogP contribution in [-0.2, 0) is 11.3 Å². The van der Waals surface area contributed by atoms with Crippen LogP contribution < -0.4 is 5.32 Å². The van der Waals surface area contributed by atoms with Gasteiger partial charge >= 0.3 is 0 Å². The Morgan fingerprint density at radius 1 is 1.09 bits per heavy atom. The summed E-state index contributed by atoms with van der Waals surface area (Å²) in [5.74, 6) is -1.23. The van der Waals surface area contributed by atoms with E-state index in [0.29, 0.717) is 17.7 Å². The number of fused-ring (bicyclic) bond motifs is 1. The summed E-state index contributed by atoms with van der Waals surface area (Å²) >= 11 is 0. The zero-order valence-electron chi connectivity index (χ0n) is 12.6. The van der Waals surface area contributed by atoms with Crippen LogP contribution in [0.2, 0.25) is 0 Å². The monoisotopic (exact) mass is 309 g/mol. The fraction of sp³-hybridized carbons (Fsp3) is 0.176. The van der Waals surface area contributed by atoms with E-state index in [4.69, 9.17) is 0 Å². The Labute approximate surface area is 133 Å². The largest absolute Gasteiger partial charge is 0.350 e. The highest BCUT2D eigenvalue weighted by molar-refractivity contribution is 6.22. The first-order valence-electron chi connectivity index (χ1n) is 7.18. The minimum atomic E-state index is -0.427. The predicted octanol–water partition coefficient (Wildman–Crippen LogP) is 1.30. The first-order chi connectivity index (χ1) is 11.1. The molecule has 1 aromatic carbocycles. The number of amides is 3. The van der Waals surface area contributed by atoms with Crippen molar-refractivity contribution in [2.75, 3.05) is 6.54 Å². The second-order valence-corrected chi connectivity index (χ2v) is 5.38. The van der Waals surface area contributed by atoms with E-state index in [2.05, 4.69) is 10.3 Å². The van der Waals surface area contributed by atoms with Crippen LogP contribution in [0.15, 0.2) is 42.7 Å². The van der Waals surface area contributed by atoms with Gasteiger partial charge in [-0.25, -0.2) is 0 Å². The standard InChI is InChI=1S/C17H15N3O3/c1-11-2-3-13-14(8-11)17(23)20(16(13)22)10-15(21)19-9-12-4-6-18-7-5-12/h2-8H,9-10H2,1H3,(H,19,21). The van der Waals surface area contributed by atoms with E-state index in [1.165, 1.54) is 0 Å². The van der Waals surface area contributed by atoms with Crippen molar-refractivity contribution < 1.29 is 14.4 Å². The lowest BCUT2D eigenvalue weighted by Crippen LogP contribution is -2.40. The zero-order valence-corrected chi connectivity index (χ0v) is 12.6. The molecule has 1 aromatic heterocycles. The van der Waals surface area contributed by atoms with Gasteiger partial charge in [-0.15, -0.1) is 0 Å². The molecule has 0 fully saturated rings. The summed E-state index contributed by atoms with van der Waals surface area (Å²) in [6.45, 7) is 1.89. The van der Waals surface area contributed by atoms with E-state index in [1.54, 1.807) is 42.7 Å². The third kappa shape index (κ3) is 2.96. The van der Waals surface area contributed by atoms with E-state index in [0.717, 1.165) is 16.0 Å². The van der Waals surface area contributed by atoms with Crippen molar-refractivity contribution in [3.05, 3.63) is 65.0 Å². The van der Waals surface area contributed by atoms with Gasteiger partial charge in [-0.3, -0.25) is 24.3 Å². The van der Waals surface area contributed by atoms with Crippen molar-refractivity contribution in [3.8, 4) is 0 Å².